The number of hydrogen-bond donors (Lipinski definition) is 1. The molecule has 0 radical (unpaired) electrons. The maximum atomic E-state index is 6.04. The Hall–Kier alpha value is -0.540. The van der Waals surface area contributed by atoms with E-state index in [1.165, 1.54) is 18.4 Å². The quantitative estimate of drug-likeness (QED) is 0.916. The lowest BCUT2D eigenvalue weighted by Crippen LogP contribution is -2.31. The molecule has 15 heavy (non-hydrogen) atoms. The molecule has 1 unspecified atom stereocenters. The van der Waals surface area contributed by atoms with Gasteiger partial charge in [0.05, 0.1) is 11.6 Å². The second kappa shape index (κ2) is 3.80. The van der Waals surface area contributed by atoms with Crippen LogP contribution in [0.2, 0.25) is 0 Å². The van der Waals surface area contributed by atoms with Gasteiger partial charge in [-0.3, -0.25) is 0 Å². The summed E-state index contributed by atoms with van der Waals surface area (Å²) in [5.74, 6) is 0.874. The first-order chi connectivity index (χ1) is 7.10. The van der Waals surface area contributed by atoms with Crippen LogP contribution in [0.25, 0.3) is 0 Å². The number of benzene rings is 1. The molecule has 0 aromatic heterocycles. The summed E-state index contributed by atoms with van der Waals surface area (Å²) in [4.78, 5) is 0. The third-order valence-electron chi connectivity index (χ3n) is 3.39. The summed E-state index contributed by atoms with van der Waals surface area (Å²) in [5, 5.41) is 0. The van der Waals surface area contributed by atoms with Crippen molar-refractivity contribution in [3.8, 4) is 5.75 Å². The van der Waals surface area contributed by atoms with Crippen LogP contribution in [-0.4, -0.2) is 13.2 Å². The van der Waals surface area contributed by atoms with Crippen molar-refractivity contribution in [2.75, 3.05) is 7.11 Å². The van der Waals surface area contributed by atoms with Gasteiger partial charge in [-0.25, -0.2) is 0 Å². The minimum absolute atomic E-state index is 0.217. The molecule has 1 aromatic rings. The Balaban J connectivity index is 2.35. The Morgan fingerprint density at radius 2 is 2.13 bits per heavy atom. The molecule has 0 aliphatic heterocycles. The average Bonchev–Trinajstić information content (AvgIpc) is 2.98. The van der Waals surface area contributed by atoms with Crippen LogP contribution in [0.5, 0.6) is 5.75 Å². The van der Waals surface area contributed by atoms with Gasteiger partial charge in [0.2, 0.25) is 0 Å². The molecule has 0 bridgehead atoms. The van der Waals surface area contributed by atoms with E-state index in [-0.39, 0.29) is 11.5 Å². The Labute approximate surface area is 98.9 Å². The van der Waals surface area contributed by atoms with E-state index in [0.29, 0.717) is 0 Å². The lowest BCUT2D eigenvalue weighted by Gasteiger charge is -2.20. The molecule has 3 heteroatoms. The van der Waals surface area contributed by atoms with Gasteiger partial charge in [-0.2, -0.15) is 0 Å². The molecule has 1 aliphatic rings. The van der Waals surface area contributed by atoms with Crippen molar-refractivity contribution in [3.63, 3.8) is 0 Å². The van der Waals surface area contributed by atoms with Crippen molar-refractivity contribution < 1.29 is 4.74 Å². The Morgan fingerprint density at radius 1 is 1.47 bits per heavy atom. The van der Waals surface area contributed by atoms with Gasteiger partial charge >= 0.3 is 0 Å². The molecule has 1 atom stereocenters. The summed E-state index contributed by atoms with van der Waals surface area (Å²) >= 11 is 3.51. The highest BCUT2D eigenvalue weighted by Crippen LogP contribution is 2.51. The molecule has 2 N–H and O–H groups in total. The van der Waals surface area contributed by atoms with Gasteiger partial charge in [0, 0.05) is 11.5 Å². The predicted octanol–water partition coefficient (Wildman–Crippen LogP) is 2.84. The average molecular weight is 270 g/mol. The van der Waals surface area contributed by atoms with E-state index < -0.39 is 0 Å². The van der Waals surface area contributed by atoms with Crippen molar-refractivity contribution in [2.45, 2.75) is 31.2 Å². The predicted molar refractivity (Wildman–Crippen MR) is 65.3 cm³/mol. The number of ether oxygens (including phenoxy) is 1. The van der Waals surface area contributed by atoms with Crippen molar-refractivity contribution in [1.82, 2.24) is 0 Å². The molecule has 2 rings (SSSR count). The van der Waals surface area contributed by atoms with E-state index in [0.717, 1.165) is 10.2 Å². The van der Waals surface area contributed by atoms with Crippen molar-refractivity contribution in [2.24, 2.45) is 5.73 Å². The smallest absolute Gasteiger partial charge is 0.133 e. The molecule has 82 valence electrons. The van der Waals surface area contributed by atoms with Crippen molar-refractivity contribution in [1.29, 1.82) is 0 Å². The molecule has 0 saturated heterocycles. The van der Waals surface area contributed by atoms with E-state index in [1.807, 2.05) is 6.07 Å². The van der Waals surface area contributed by atoms with Gasteiger partial charge in [-0.15, -0.1) is 0 Å². The molecular weight excluding hydrogens is 254 g/mol. The summed E-state index contributed by atoms with van der Waals surface area (Å²) in [5.41, 5.74) is 7.58. The number of rotatable bonds is 3. The first kappa shape index (κ1) is 11.0. The summed E-state index contributed by atoms with van der Waals surface area (Å²) in [6.45, 7) is 2.09. The molecule has 1 saturated carbocycles. The Kier molecular flexibility index (Phi) is 2.77. The van der Waals surface area contributed by atoms with Crippen LogP contribution in [0, 0.1) is 0 Å². The van der Waals surface area contributed by atoms with Gasteiger partial charge in [0.15, 0.2) is 0 Å². The van der Waals surface area contributed by atoms with E-state index in [2.05, 4.69) is 35.0 Å². The van der Waals surface area contributed by atoms with Gasteiger partial charge in [-0.05, 0) is 53.4 Å². The fourth-order valence-electron chi connectivity index (χ4n) is 2.12. The van der Waals surface area contributed by atoms with E-state index >= 15 is 0 Å². The molecular formula is C12H16BrNO. The lowest BCUT2D eigenvalue weighted by atomic mass is 9.89. The van der Waals surface area contributed by atoms with Gasteiger partial charge < -0.3 is 10.5 Å². The van der Waals surface area contributed by atoms with Crippen LogP contribution in [0.3, 0.4) is 0 Å². The molecule has 0 amide bonds. The number of hydrogen-bond acceptors (Lipinski definition) is 2. The maximum absolute atomic E-state index is 6.04. The van der Waals surface area contributed by atoms with E-state index in [1.54, 1.807) is 7.11 Å². The normalized spacial score (nSPS) is 19.7. The first-order valence-corrected chi connectivity index (χ1v) is 5.99. The Morgan fingerprint density at radius 3 is 2.53 bits per heavy atom. The molecule has 1 aliphatic carbocycles. The van der Waals surface area contributed by atoms with Gasteiger partial charge in [-0.1, -0.05) is 6.07 Å². The first-order valence-electron chi connectivity index (χ1n) is 5.20. The van der Waals surface area contributed by atoms with Crippen LogP contribution >= 0.6 is 15.9 Å². The maximum Gasteiger partial charge on any atom is 0.133 e. The van der Waals surface area contributed by atoms with Crippen molar-refractivity contribution >= 4 is 15.9 Å². The zero-order valence-electron chi connectivity index (χ0n) is 9.09. The van der Waals surface area contributed by atoms with E-state index in [9.17, 15) is 0 Å². The second-order valence-corrected chi connectivity index (χ2v) is 5.15. The zero-order valence-corrected chi connectivity index (χ0v) is 10.7. The van der Waals surface area contributed by atoms with E-state index in [4.69, 9.17) is 10.5 Å². The second-order valence-electron chi connectivity index (χ2n) is 4.29. The van der Waals surface area contributed by atoms with Crippen molar-refractivity contribution in [3.05, 3.63) is 28.2 Å². The van der Waals surface area contributed by atoms with Crippen LogP contribution < -0.4 is 10.5 Å². The largest absolute Gasteiger partial charge is 0.496 e. The highest BCUT2D eigenvalue weighted by atomic mass is 79.9. The van der Waals surface area contributed by atoms with Gasteiger partial charge in [0.1, 0.15) is 5.75 Å². The highest BCUT2D eigenvalue weighted by molar-refractivity contribution is 9.10. The third-order valence-corrected chi connectivity index (χ3v) is 4.01. The monoisotopic (exact) mass is 269 g/mol. The number of nitrogens with two attached hydrogens (primary N) is 1. The molecule has 0 heterocycles. The van der Waals surface area contributed by atoms with Crippen LogP contribution in [0.4, 0.5) is 0 Å². The molecule has 2 nitrogen and oxygen atoms in total. The number of halogens is 1. The molecule has 0 spiro atoms. The topological polar surface area (TPSA) is 35.2 Å². The number of methoxy groups -OCH3 is 1. The molecule has 1 fully saturated rings. The SMILES string of the molecule is COc1ccc(C2(C(C)N)CC2)cc1Br. The minimum atomic E-state index is 0.217. The minimum Gasteiger partial charge on any atom is -0.496 e. The van der Waals surface area contributed by atoms with Gasteiger partial charge in [0.25, 0.3) is 0 Å². The summed E-state index contributed by atoms with van der Waals surface area (Å²) in [6.07, 6.45) is 2.40. The standard InChI is InChI=1S/C12H16BrNO/c1-8(14)12(5-6-12)9-3-4-11(15-2)10(13)7-9/h3-4,7-8H,5-6,14H2,1-2H3. The fraction of sp³-hybridized carbons (Fsp3) is 0.500. The van der Waals surface area contributed by atoms with Crippen LogP contribution in [0.1, 0.15) is 25.3 Å². The Bertz CT molecular complexity index is 372. The summed E-state index contributed by atoms with van der Waals surface area (Å²) in [6, 6.07) is 6.48. The van der Waals surface area contributed by atoms with Crippen LogP contribution in [-0.2, 0) is 5.41 Å². The lowest BCUT2D eigenvalue weighted by molar-refractivity contribution is 0.411. The third kappa shape index (κ3) is 1.79. The summed E-state index contributed by atoms with van der Waals surface area (Å²) in [7, 11) is 1.68. The molecule has 1 aromatic carbocycles. The highest BCUT2D eigenvalue weighted by Gasteiger charge is 2.47. The summed E-state index contributed by atoms with van der Waals surface area (Å²) < 4.78 is 6.22. The zero-order chi connectivity index (χ0) is 11.1. The van der Waals surface area contributed by atoms with Crippen LogP contribution in [0.15, 0.2) is 22.7 Å². The fourth-order valence-corrected chi connectivity index (χ4v) is 2.66.